The summed E-state index contributed by atoms with van der Waals surface area (Å²) in [5, 5.41) is 19.1. The summed E-state index contributed by atoms with van der Waals surface area (Å²) in [5.41, 5.74) is -0.360. The second-order valence-electron chi connectivity index (χ2n) is 2.98. The van der Waals surface area contributed by atoms with Gasteiger partial charge in [-0.1, -0.05) is 0 Å². The van der Waals surface area contributed by atoms with E-state index in [0.29, 0.717) is 0 Å². The molecule has 0 saturated carbocycles. The molecule has 0 amide bonds. The normalized spacial score (nSPS) is 10.2. The van der Waals surface area contributed by atoms with Crippen molar-refractivity contribution in [2.75, 3.05) is 5.75 Å². The first-order valence-electron chi connectivity index (χ1n) is 4.40. The van der Waals surface area contributed by atoms with Crippen LogP contribution in [-0.4, -0.2) is 21.8 Å². The lowest BCUT2D eigenvalue weighted by Crippen LogP contribution is -1.97. The van der Waals surface area contributed by atoms with Crippen LogP contribution < -0.4 is 0 Å². The number of nitro groups is 1. The van der Waals surface area contributed by atoms with E-state index >= 15 is 0 Å². The van der Waals surface area contributed by atoms with Crippen molar-refractivity contribution < 1.29 is 19.2 Å². The number of benzene rings is 1. The molecular weight excluding hydrogens is 317 g/mol. The molecule has 5 nitrogen and oxygen atoms in total. The fourth-order valence-electron chi connectivity index (χ4n) is 1.02. The van der Waals surface area contributed by atoms with Crippen molar-refractivity contribution in [3.8, 4) is 0 Å². The van der Waals surface area contributed by atoms with Crippen molar-refractivity contribution >= 4 is 39.3 Å². The van der Waals surface area contributed by atoms with Gasteiger partial charge in [0.05, 0.1) is 26.8 Å². The third kappa shape index (κ3) is 3.97. The largest absolute Gasteiger partial charge is 0.481 e. The van der Waals surface area contributed by atoms with Gasteiger partial charge in [0.2, 0.25) is 0 Å². The fourth-order valence-corrected chi connectivity index (χ4v) is 2.50. The smallest absolute Gasteiger partial charge is 0.304 e. The van der Waals surface area contributed by atoms with E-state index in [2.05, 4.69) is 15.9 Å². The van der Waals surface area contributed by atoms with Gasteiger partial charge >= 0.3 is 5.97 Å². The van der Waals surface area contributed by atoms with E-state index < -0.39 is 16.7 Å². The van der Waals surface area contributed by atoms with Gasteiger partial charge in [0, 0.05) is 5.75 Å². The molecule has 0 aromatic heterocycles. The molecule has 17 heavy (non-hydrogen) atoms. The number of thioether (sulfide) groups is 1. The zero-order chi connectivity index (χ0) is 13.0. The molecule has 0 aliphatic carbocycles. The van der Waals surface area contributed by atoms with Crippen molar-refractivity contribution in [1.82, 2.24) is 0 Å². The first kappa shape index (κ1) is 13.9. The Bertz CT molecular complexity index is 469. The summed E-state index contributed by atoms with van der Waals surface area (Å²) in [6, 6.07) is 2.09. The minimum atomic E-state index is -0.985. The molecule has 0 spiro atoms. The van der Waals surface area contributed by atoms with E-state index in [1.54, 1.807) is 0 Å². The predicted molar refractivity (Wildman–Crippen MR) is 63.7 cm³/mol. The van der Waals surface area contributed by atoms with E-state index in [-0.39, 0.29) is 27.2 Å². The van der Waals surface area contributed by atoms with Crippen LogP contribution in [-0.2, 0) is 4.79 Å². The average molecular weight is 324 g/mol. The predicted octanol–water partition coefficient (Wildman–Crippen LogP) is 3.06. The average Bonchev–Trinajstić information content (AvgIpc) is 2.22. The third-order valence-electron chi connectivity index (χ3n) is 1.77. The van der Waals surface area contributed by atoms with Crippen LogP contribution in [0.2, 0.25) is 0 Å². The minimum Gasteiger partial charge on any atom is -0.481 e. The molecule has 0 aliphatic rings. The van der Waals surface area contributed by atoms with E-state index in [1.165, 1.54) is 6.07 Å². The molecule has 1 N–H and O–H groups in total. The lowest BCUT2D eigenvalue weighted by atomic mass is 10.3. The molecular formula is C9H7BrFNO4S. The molecule has 0 saturated heterocycles. The van der Waals surface area contributed by atoms with Crippen molar-refractivity contribution in [3.63, 3.8) is 0 Å². The number of hydrogen-bond donors (Lipinski definition) is 1. The SMILES string of the molecule is O=C(O)CCSc1cc(Br)c(F)cc1[N+](=O)[O-]. The number of carboxylic acid groups (broad SMARTS) is 1. The zero-order valence-corrected chi connectivity index (χ0v) is 10.8. The summed E-state index contributed by atoms with van der Waals surface area (Å²) in [4.78, 5) is 20.5. The Kier molecular flexibility index (Phi) is 4.88. The molecule has 8 heteroatoms. The van der Waals surface area contributed by atoms with Gasteiger partial charge in [0.15, 0.2) is 0 Å². The highest BCUT2D eigenvalue weighted by atomic mass is 79.9. The second-order valence-corrected chi connectivity index (χ2v) is 4.97. The second kappa shape index (κ2) is 5.97. The molecule has 1 rings (SSSR count). The maximum Gasteiger partial charge on any atom is 0.304 e. The molecule has 0 bridgehead atoms. The summed E-state index contributed by atoms with van der Waals surface area (Å²) < 4.78 is 13.2. The molecule has 1 aromatic rings. The summed E-state index contributed by atoms with van der Waals surface area (Å²) in [6.07, 6.45) is -0.114. The number of rotatable bonds is 5. The van der Waals surface area contributed by atoms with Crippen LogP contribution in [0.25, 0.3) is 0 Å². The summed E-state index contributed by atoms with van der Waals surface area (Å²) in [6.45, 7) is 0. The number of halogens is 2. The zero-order valence-electron chi connectivity index (χ0n) is 8.35. The van der Waals surface area contributed by atoms with Gasteiger partial charge in [0.1, 0.15) is 5.82 Å². The minimum absolute atomic E-state index is 0.112. The van der Waals surface area contributed by atoms with E-state index in [1.807, 2.05) is 0 Å². The highest BCUT2D eigenvalue weighted by Crippen LogP contribution is 2.33. The molecule has 1 aromatic carbocycles. The maximum absolute atomic E-state index is 13.1. The van der Waals surface area contributed by atoms with Crippen LogP contribution in [0, 0.1) is 15.9 Å². The van der Waals surface area contributed by atoms with Gasteiger partial charge in [0.25, 0.3) is 5.69 Å². The van der Waals surface area contributed by atoms with Gasteiger partial charge in [-0.15, -0.1) is 11.8 Å². The van der Waals surface area contributed by atoms with Gasteiger partial charge < -0.3 is 5.11 Å². The summed E-state index contributed by atoms with van der Waals surface area (Å²) in [5.74, 6) is -1.52. The summed E-state index contributed by atoms with van der Waals surface area (Å²) >= 11 is 3.93. The van der Waals surface area contributed by atoms with Crippen molar-refractivity contribution in [2.45, 2.75) is 11.3 Å². The van der Waals surface area contributed by atoms with Crippen molar-refractivity contribution in [3.05, 3.63) is 32.5 Å². The molecule has 0 fully saturated rings. The topological polar surface area (TPSA) is 80.4 Å². The Labute approximate surface area is 108 Å². The number of carbonyl (C=O) groups is 1. The van der Waals surface area contributed by atoms with Crippen LogP contribution in [0.5, 0.6) is 0 Å². The Morgan fingerprint density at radius 2 is 2.24 bits per heavy atom. The Morgan fingerprint density at radius 3 is 2.76 bits per heavy atom. The quantitative estimate of drug-likeness (QED) is 0.511. The lowest BCUT2D eigenvalue weighted by Gasteiger charge is -2.03. The van der Waals surface area contributed by atoms with Crippen LogP contribution >= 0.6 is 27.7 Å². The van der Waals surface area contributed by atoms with E-state index in [4.69, 9.17) is 5.11 Å². The van der Waals surface area contributed by atoms with Gasteiger partial charge in [-0.2, -0.15) is 0 Å². The van der Waals surface area contributed by atoms with Gasteiger partial charge in [-0.05, 0) is 22.0 Å². The lowest BCUT2D eigenvalue weighted by molar-refractivity contribution is -0.387. The number of hydrogen-bond acceptors (Lipinski definition) is 4. The number of nitrogens with zero attached hydrogens (tertiary/aromatic N) is 1. The highest BCUT2D eigenvalue weighted by molar-refractivity contribution is 9.10. The molecule has 0 aliphatic heterocycles. The van der Waals surface area contributed by atoms with Crippen LogP contribution in [0.4, 0.5) is 10.1 Å². The molecule has 0 radical (unpaired) electrons. The number of carboxylic acids is 1. The van der Waals surface area contributed by atoms with Crippen LogP contribution in [0.15, 0.2) is 21.5 Å². The summed E-state index contributed by atoms with van der Waals surface area (Å²) in [7, 11) is 0. The van der Waals surface area contributed by atoms with Crippen LogP contribution in [0.3, 0.4) is 0 Å². The van der Waals surface area contributed by atoms with Crippen LogP contribution in [0.1, 0.15) is 6.42 Å². The monoisotopic (exact) mass is 323 g/mol. The van der Waals surface area contributed by atoms with E-state index in [0.717, 1.165) is 17.8 Å². The fraction of sp³-hybridized carbons (Fsp3) is 0.222. The number of nitro benzene ring substituents is 1. The molecule has 0 heterocycles. The van der Waals surface area contributed by atoms with E-state index in [9.17, 15) is 19.3 Å². The standard InChI is InChI=1S/C9H7BrFNO4S/c10-5-3-8(17-2-1-9(13)14)7(12(15)16)4-6(5)11/h3-4H,1-2H2,(H,13,14). The first-order valence-corrected chi connectivity index (χ1v) is 6.17. The maximum atomic E-state index is 13.1. The Balaban J connectivity index is 2.92. The van der Waals surface area contributed by atoms with Crippen molar-refractivity contribution in [1.29, 1.82) is 0 Å². The molecule has 92 valence electrons. The van der Waals surface area contributed by atoms with Gasteiger partial charge in [-0.25, -0.2) is 4.39 Å². The Hall–Kier alpha value is -1.15. The Morgan fingerprint density at radius 1 is 1.59 bits per heavy atom. The highest BCUT2D eigenvalue weighted by Gasteiger charge is 2.18. The van der Waals surface area contributed by atoms with Crippen molar-refractivity contribution in [2.24, 2.45) is 0 Å². The molecule has 0 atom stereocenters. The van der Waals surface area contributed by atoms with Gasteiger partial charge in [-0.3, -0.25) is 14.9 Å². The third-order valence-corrected chi connectivity index (χ3v) is 3.43. The molecule has 0 unspecified atom stereocenters. The first-order chi connectivity index (χ1) is 7.91. The number of aliphatic carboxylic acids is 1.